The molecule has 0 amide bonds. The number of aromatic nitrogens is 5. The molecular formula is C13H12N6. The van der Waals surface area contributed by atoms with E-state index < -0.39 is 0 Å². The van der Waals surface area contributed by atoms with Crippen molar-refractivity contribution >= 4 is 5.82 Å². The van der Waals surface area contributed by atoms with Crippen molar-refractivity contribution in [3.05, 3.63) is 54.2 Å². The normalized spacial score (nSPS) is 10.5. The molecule has 6 heteroatoms. The van der Waals surface area contributed by atoms with E-state index in [2.05, 4.69) is 20.4 Å². The van der Waals surface area contributed by atoms with Gasteiger partial charge < -0.3 is 5.73 Å². The molecule has 0 bridgehead atoms. The summed E-state index contributed by atoms with van der Waals surface area (Å²) in [6, 6.07) is 13.4. The zero-order chi connectivity index (χ0) is 13.1. The van der Waals surface area contributed by atoms with Gasteiger partial charge in [0, 0.05) is 11.8 Å². The largest absolute Gasteiger partial charge is 0.384 e. The van der Waals surface area contributed by atoms with Crippen LogP contribution in [-0.2, 0) is 6.54 Å². The van der Waals surface area contributed by atoms with E-state index in [1.165, 1.54) is 4.80 Å². The van der Waals surface area contributed by atoms with Crippen molar-refractivity contribution in [1.82, 2.24) is 25.2 Å². The van der Waals surface area contributed by atoms with E-state index in [1.807, 2.05) is 36.4 Å². The minimum absolute atomic E-state index is 0.487. The third-order valence-corrected chi connectivity index (χ3v) is 2.65. The van der Waals surface area contributed by atoms with Gasteiger partial charge in [-0.25, -0.2) is 4.98 Å². The van der Waals surface area contributed by atoms with Crippen molar-refractivity contribution in [3.63, 3.8) is 0 Å². The number of rotatable bonds is 3. The van der Waals surface area contributed by atoms with Crippen molar-refractivity contribution in [2.75, 3.05) is 5.73 Å². The first-order valence-corrected chi connectivity index (χ1v) is 5.85. The number of nitrogens with zero attached hydrogens (tertiary/aromatic N) is 5. The number of pyridine rings is 1. The van der Waals surface area contributed by atoms with Gasteiger partial charge in [-0.1, -0.05) is 30.3 Å². The Morgan fingerprint density at radius 2 is 1.95 bits per heavy atom. The molecule has 0 radical (unpaired) electrons. The molecule has 1 aromatic carbocycles. The Morgan fingerprint density at radius 3 is 2.74 bits per heavy atom. The first kappa shape index (κ1) is 11.3. The molecule has 0 saturated carbocycles. The van der Waals surface area contributed by atoms with Gasteiger partial charge in [0.1, 0.15) is 5.82 Å². The molecule has 0 unspecified atom stereocenters. The van der Waals surface area contributed by atoms with Crippen LogP contribution in [0.15, 0.2) is 48.7 Å². The van der Waals surface area contributed by atoms with Crippen LogP contribution in [0.3, 0.4) is 0 Å². The van der Waals surface area contributed by atoms with Crippen LogP contribution in [0, 0.1) is 0 Å². The molecule has 2 aromatic heterocycles. The molecule has 3 aromatic rings. The Morgan fingerprint density at radius 1 is 1.11 bits per heavy atom. The fourth-order valence-corrected chi connectivity index (χ4v) is 1.77. The Kier molecular flexibility index (Phi) is 2.89. The van der Waals surface area contributed by atoms with E-state index in [4.69, 9.17) is 5.73 Å². The second kappa shape index (κ2) is 4.85. The molecule has 0 saturated heterocycles. The summed E-state index contributed by atoms with van der Waals surface area (Å²) in [5.41, 5.74) is 7.57. The summed E-state index contributed by atoms with van der Waals surface area (Å²) >= 11 is 0. The number of tetrazole rings is 1. The van der Waals surface area contributed by atoms with Crippen LogP contribution in [0.1, 0.15) is 5.56 Å². The Hall–Kier alpha value is -2.76. The van der Waals surface area contributed by atoms with Gasteiger partial charge in [-0.15, -0.1) is 10.2 Å². The van der Waals surface area contributed by atoms with Gasteiger partial charge in [0.2, 0.25) is 5.82 Å². The molecule has 0 fully saturated rings. The van der Waals surface area contributed by atoms with Crippen molar-refractivity contribution in [2.24, 2.45) is 0 Å². The van der Waals surface area contributed by atoms with Gasteiger partial charge in [-0.2, -0.15) is 4.80 Å². The van der Waals surface area contributed by atoms with E-state index in [9.17, 15) is 0 Å². The van der Waals surface area contributed by atoms with Gasteiger partial charge >= 0.3 is 0 Å². The van der Waals surface area contributed by atoms with Crippen LogP contribution < -0.4 is 5.73 Å². The predicted octanol–water partition coefficient (Wildman–Crippen LogP) is 1.37. The third kappa shape index (κ3) is 2.57. The lowest BCUT2D eigenvalue weighted by atomic mass is 10.2. The minimum Gasteiger partial charge on any atom is -0.384 e. The summed E-state index contributed by atoms with van der Waals surface area (Å²) in [4.78, 5) is 5.49. The summed E-state index contributed by atoms with van der Waals surface area (Å²) in [7, 11) is 0. The molecule has 0 aliphatic carbocycles. The average molecular weight is 252 g/mol. The zero-order valence-corrected chi connectivity index (χ0v) is 10.1. The standard InChI is InChI=1S/C13H12N6/c14-12-8-10(6-7-15-12)9-19-17-13(16-18-19)11-4-2-1-3-5-11/h1-8H,9H2,(H2,14,15). The smallest absolute Gasteiger partial charge is 0.204 e. The number of benzene rings is 1. The lowest BCUT2D eigenvalue weighted by Gasteiger charge is -1.99. The fraction of sp³-hybridized carbons (Fsp3) is 0.0769. The van der Waals surface area contributed by atoms with E-state index in [-0.39, 0.29) is 0 Å². The summed E-state index contributed by atoms with van der Waals surface area (Å²) in [6.07, 6.45) is 1.67. The second-order valence-corrected chi connectivity index (χ2v) is 4.10. The molecular weight excluding hydrogens is 240 g/mol. The molecule has 2 heterocycles. The molecule has 19 heavy (non-hydrogen) atoms. The van der Waals surface area contributed by atoms with Crippen LogP contribution in [0.5, 0.6) is 0 Å². The van der Waals surface area contributed by atoms with E-state index in [0.29, 0.717) is 18.2 Å². The summed E-state index contributed by atoms with van der Waals surface area (Å²) < 4.78 is 0. The number of hydrogen-bond acceptors (Lipinski definition) is 5. The first-order chi connectivity index (χ1) is 9.31. The average Bonchev–Trinajstić information content (AvgIpc) is 2.88. The molecule has 0 aliphatic heterocycles. The summed E-state index contributed by atoms with van der Waals surface area (Å²) in [6.45, 7) is 0.520. The van der Waals surface area contributed by atoms with Gasteiger partial charge in [-0.05, 0) is 22.9 Å². The highest BCUT2D eigenvalue weighted by atomic mass is 15.6. The van der Waals surface area contributed by atoms with Crippen LogP contribution in [0.25, 0.3) is 11.4 Å². The van der Waals surface area contributed by atoms with Crippen LogP contribution in [-0.4, -0.2) is 25.2 Å². The van der Waals surface area contributed by atoms with Gasteiger partial charge in [-0.3, -0.25) is 0 Å². The number of hydrogen-bond donors (Lipinski definition) is 1. The predicted molar refractivity (Wildman–Crippen MR) is 71.0 cm³/mol. The molecule has 0 spiro atoms. The highest BCUT2D eigenvalue weighted by Gasteiger charge is 2.05. The van der Waals surface area contributed by atoms with E-state index in [1.54, 1.807) is 12.3 Å². The Balaban J connectivity index is 1.82. The van der Waals surface area contributed by atoms with Gasteiger partial charge in [0.15, 0.2) is 0 Å². The molecule has 3 rings (SSSR count). The van der Waals surface area contributed by atoms with E-state index >= 15 is 0 Å². The Labute approximate surface area is 109 Å². The lowest BCUT2D eigenvalue weighted by Crippen LogP contribution is -2.05. The summed E-state index contributed by atoms with van der Waals surface area (Å²) in [5.74, 6) is 1.10. The number of anilines is 1. The maximum Gasteiger partial charge on any atom is 0.204 e. The molecule has 94 valence electrons. The first-order valence-electron chi connectivity index (χ1n) is 5.85. The Bertz CT molecular complexity index is 676. The quantitative estimate of drug-likeness (QED) is 0.761. The van der Waals surface area contributed by atoms with Crippen molar-refractivity contribution in [1.29, 1.82) is 0 Å². The molecule has 6 nitrogen and oxygen atoms in total. The van der Waals surface area contributed by atoms with Crippen LogP contribution in [0.2, 0.25) is 0 Å². The van der Waals surface area contributed by atoms with Crippen molar-refractivity contribution in [3.8, 4) is 11.4 Å². The zero-order valence-electron chi connectivity index (χ0n) is 10.1. The number of nitrogen functional groups attached to an aromatic ring is 1. The van der Waals surface area contributed by atoms with Crippen molar-refractivity contribution in [2.45, 2.75) is 6.54 Å². The highest BCUT2D eigenvalue weighted by molar-refractivity contribution is 5.52. The van der Waals surface area contributed by atoms with E-state index in [0.717, 1.165) is 11.1 Å². The van der Waals surface area contributed by atoms with Gasteiger partial charge in [0.25, 0.3) is 0 Å². The SMILES string of the molecule is Nc1cc(Cn2nnc(-c3ccccc3)n2)ccn1. The lowest BCUT2D eigenvalue weighted by molar-refractivity contribution is 0.572. The maximum absolute atomic E-state index is 5.63. The van der Waals surface area contributed by atoms with Gasteiger partial charge in [0.05, 0.1) is 6.54 Å². The maximum atomic E-state index is 5.63. The van der Waals surface area contributed by atoms with Crippen LogP contribution >= 0.6 is 0 Å². The van der Waals surface area contributed by atoms with Crippen molar-refractivity contribution < 1.29 is 0 Å². The molecule has 2 N–H and O–H groups in total. The minimum atomic E-state index is 0.487. The highest BCUT2D eigenvalue weighted by Crippen LogP contribution is 2.12. The third-order valence-electron chi connectivity index (χ3n) is 2.65. The topological polar surface area (TPSA) is 82.5 Å². The second-order valence-electron chi connectivity index (χ2n) is 4.10. The molecule has 0 aliphatic rings. The van der Waals surface area contributed by atoms with Crippen LogP contribution in [0.4, 0.5) is 5.82 Å². The fourth-order valence-electron chi connectivity index (χ4n) is 1.77. The monoisotopic (exact) mass is 252 g/mol. The number of nitrogens with two attached hydrogens (primary N) is 1. The molecule has 0 atom stereocenters. The summed E-state index contributed by atoms with van der Waals surface area (Å²) in [5, 5.41) is 12.4.